The van der Waals surface area contributed by atoms with Crippen molar-refractivity contribution in [3.05, 3.63) is 44.5 Å². The maximum absolute atomic E-state index is 13.2. The van der Waals surface area contributed by atoms with E-state index in [0.29, 0.717) is 4.88 Å². The number of halogens is 1. The molecule has 1 atom stereocenters. The molecule has 0 saturated heterocycles. The van der Waals surface area contributed by atoms with Gasteiger partial charge in [0.25, 0.3) is 0 Å². The summed E-state index contributed by atoms with van der Waals surface area (Å²) in [6.07, 6.45) is 0.717. The highest BCUT2D eigenvalue weighted by Crippen LogP contribution is 2.25. The van der Waals surface area contributed by atoms with Crippen LogP contribution < -0.4 is 5.73 Å². The zero-order chi connectivity index (χ0) is 9.97. The van der Waals surface area contributed by atoms with Crippen molar-refractivity contribution in [3.8, 4) is 0 Å². The van der Waals surface area contributed by atoms with Crippen molar-refractivity contribution in [2.45, 2.75) is 12.5 Å². The Hall–Kier alpha value is -0.710. The Balaban J connectivity index is 2.10. The van der Waals surface area contributed by atoms with Crippen molar-refractivity contribution in [2.24, 2.45) is 5.73 Å². The molecule has 14 heavy (non-hydrogen) atoms. The zero-order valence-corrected chi connectivity index (χ0v) is 9.08. The molecule has 2 N–H and O–H groups in total. The Morgan fingerprint density at radius 3 is 2.71 bits per heavy atom. The highest BCUT2D eigenvalue weighted by Gasteiger charge is 2.13. The molecule has 2 heterocycles. The smallest absolute Gasteiger partial charge is 0.138 e. The minimum absolute atomic E-state index is 0.181. The Labute approximate surface area is 90.0 Å². The van der Waals surface area contributed by atoms with Gasteiger partial charge in [0, 0.05) is 17.3 Å². The van der Waals surface area contributed by atoms with Gasteiger partial charge in [-0.05, 0) is 22.9 Å². The van der Waals surface area contributed by atoms with E-state index in [1.54, 1.807) is 16.7 Å². The quantitative estimate of drug-likeness (QED) is 0.856. The van der Waals surface area contributed by atoms with Crippen LogP contribution in [0.5, 0.6) is 0 Å². The molecule has 0 saturated carbocycles. The summed E-state index contributed by atoms with van der Waals surface area (Å²) in [7, 11) is 0. The van der Waals surface area contributed by atoms with Gasteiger partial charge in [-0.1, -0.05) is 6.07 Å². The third-order valence-electron chi connectivity index (χ3n) is 1.98. The molecule has 0 spiro atoms. The highest BCUT2D eigenvalue weighted by atomic mass is 32.1. The van der Waals surface area contributed by atoms with E-state index in [2.05, 4.69) is 0 Å². The molecule has 0 radical (unpaired) electrons. The fourth-order valence-corrected chi connectivity index (χ4v) is 2.85. The molecule has 4 heteroatoms. The molecule has 2 aromatic heterocycles. The van der Waals surface area contributed by atoms with Gasteiger partial charge in [0.05, 0.1) is 4.88 Å². The van der Waals surface area contributed by atoms with Crippen LogP contribution >= 0.6 is 22.7 Å². The average molecular weight is 227 g/mol. The predicted octanol–water partition coefficient (Wildman–Crippen LogP) is 3.19. The number of thiophene rings is 2. The van der Waals surface area contributed by atoms with Gasteiger partial charge < -0.3 is 5.73 Å². The lowest BCUT2D eigenvalue weighted by atomic mass is 10.1. The van der Waals surface area contributed by atoms with Gasteiger partial charge in [-0.25, -0.2) is 4.39 Å². The van der Waals surface area contributed by atoms with E-state index >= 15 is 0 Å². The molecule has 0 fully saturated rings. The fraction of sp³-hybridized carbons (Fsp3) is 0.200. The van der Waals surface area contributed by atoms with Crippen molar-refractivity contribution in [3.63, 3.8) is 0 Å². The van der Waals surface area contributed by atoms with Crippen molar-refractivity contribution < 1.29 is 4.39 Å². The summed E-state index contributed by atoms with van der Waals surface area (Å²) in [5.74, 6) is -0.181. The molecule has 0 aliphatic rings. The van der Waals surface area contributed by atoms with Crippen LogP contribution in [0.15, 0.2) is 29.0 Å². The second-order valence-corrected chi connectivity index (χ2v) is 5.00. The normalized spacial score (nSPS) is 13.0. The minimum atomic E-state index is -0.214. The average Bonchev–Trinajstić information content (AvgIpc) is 2.75. The second-order valence-electron chi connectivity index (χ2n) is 3.02. The van der Waals surface area contributed by atoms with E-state index in [9.17, 15) is 4.39 Å². The Morgan fingerprint density at radius 1 is 1.29 bits per heavy atom. The lowest BCUT2D eigenvalue weighted by Gasteiger charge is -2.07. The summed E-state index contributed by atoms with van der Waals surface area (Å²) in [5, 5.41) is 3.74. The first-order chi connectivity index (χ1) is 6.77. The second kappa shape index (κ2) is 4.21. The van der Waals surface area contributed by atoms with E-state index in [0.717, 1.165) is 6.42 Å². The molecule has 2 aromatic rings. The van der Waals surface area contributed by atoms with Crippen LogP contribution in [0.1, 0.15) is 15.8 Å². The third kappa shape index (κ3) is 2.03. The molecule has 74 valence electrons. The molecular formula is C10H10FNS2. The number of nitrogens with two attached hydrogens (primary N) is 1. The molecule has 0 amide bonds. The standard InChI is InChI=1S/C10H10FNS2/c11-8-3-5-14-10(8)9(12)6-7-2-1-4-13-7/h1-5,9H,6,12H2. The summed E-state index contributed by atoms with van der Waals surface area (Å²) < 4.78 is 13.2. The van der Waals surface area contributed by atoms with Gasteiger partial charge in [0.2, 0.25) is 0 Å². The lowest BCUT2D eigenvalue weighted by molar-refractivity contribution is 0.594. The lowest BCUT2D eigenvalue weighted by Crippen LogP contribution is -2.12. The van der Waals surface area contributed by atoms with Gasteiger partial charge in [-0.15, -0.1) is 22.7 Å². The summed E-state index contributed by atoms with van der Waals surface area (Å²) in [6, 6.07) is 5.26. The Morgan fingerprint density at radius 2 is 2.14 bits per heavy atom. The van der Waals surface area contributed by atoms with E-state index in [1.807, 2.05) is 17.5 Å². The van der Waals surface area contributed by atoms with Gasteiger partial charge in [-0.3, -0.25) is 0 Å². The first-order valence-electron chi connectivity index (χ1n) is 4.28. The predicted molar refractivity (Wildman–Crippen MR) is 59.2 cm³/mol. The van der Waals surface area contributed by atoms with Gasteiger partial charge in [0.15, 0.2) is 0 Å². The van der Waals surface area contributed by atoms with Crippen molar-refractivity contribution in [1.82, 2.24) is 0 Å². The first-order valence-corrected chi connectivity index (χ1v) is 6.04. The molecule has 0 bridgehead atoms. The maximum Gasteiger partial charge on any atom is 0.138 e. The summed E-state index contributed by atoms with van der Waals surface area (Å²) in [4.78, 5) is 1.85. The van der Waals surface area contributed by atoms with Crippen LogP contribution in [0.25, 0.3) is 0 Å². The van der Waals surface area contributed by atoms with Gasteiger partial charge in [0.1, 0.15) is 5.82 Å². The molecule has 2 rings (SSSR count). The molecule has 1 nitrogen and oxygen atoms in total. The Kier molecular flexibility index (Phi) is 2.96. The summed E-state index contributed by atoms with van der Waals surface area (Å²) >= 11 is 3.04. The van der Waals surface area contributed by atoms with E-state index in [-0.39, 0.29) is 11.9 Å². The molecule has 0 aromatic carbocycles. The number of rotatable bonds is 3. The largest absolute Gasteiger partial charge is 0.323 e. The molecular weight excluding hydrogens is 217 g/mol. The van der Waals surface area contributed by atoms with Crippen LogP contribution in [0, 0.1) is 5.82 Å². The van der Waals surface area contributed by atoms with Gasteiger partial charge >= 0.3 is 0 Å². The first kappa shape index (κ1) is 9.83. The van der Waals surface area contributed by atoms with Crippen LogP contribution in [-0.2, 0) is 6.42 Å². The topological polar surface area (TPSA) is 26.0 Å². The SMILES string of the molecule is NC(Cc1cccs1)c1sccc1F. The highest BCUT2D eigenvalue weighted by molar-refractivity contribution is 7.10. The Bertz CT molecular complexity index is 394. The minimum Gasteiger partial charge on any atom is -0.323 e. The van der Waals surface area contributed by atoms with Crippen molar-refractivity contribution in [2.75, 3.05) is 0 Å². The fourth-order valence-electron chi connectivity index (χ4n) is 1.31. The van der Waals surface area contributed by atoms with Crippen LogP contribution in [0.3, 0.4) is 0 Å². The van der Waals surface area contributed by atoms with E-state index in [1.165, 1.54) is 22.3 Å². The van der Waals surface area contributed by atoms with Crippen LogP contribution in [-0.4, -0.2) is 0 Å². The van der Waals surface area contributed by atoms with E-state index in [4.69, 9.17) is 5.73 Å². The zero-order valence-electron chi connectivity index (χ0n) is 7.44. The third-order valence-corrected chi connectivity index (χ3v) is 3.91. The molecule has 1 unspecified atom stereocenters. The summed E-state index contributed by atoms with van der Waals surface area (Å²) in [5.41, 5.74) is 5.91. The van der Waals surface area contributed by atoms with E-state index < -0.39 is 0 Å². The number of hydrogen-bond donors (Lipinski definition) is 1. The van der Waals surface area contributed by atoms with Crippen LogP contribution in [0.2, 0.25) is 0 Å². The maximum atomic E-state index is 13.2. The summed E-state index contributed by atoms with van der Waals surface area (Å²) in [6.45, 7) is 0. The van der Waals surface area contributed by atoms with Gasteiger partial charge in [-0.2, -0.15) is 0 Å². The van der Waals surface area contributed by atoms with Crippen LogP contribution in [0.4, 0.5) is 4.39 Å². The molecule has 0 aliphatic carbocycles. The van der Waals surface area contributed by atoms with Crippen molar-refractivity contribution in [1.29, 1.82) is 0 Å². The van der Waals surface area contributed by atoms with Crippen molar-refractivity contribution >= 4 is 22.7 Å². The monoisotopic (exact) mass is 227 g/mol. The number of hydrogen-bond acceptors (Lipinski definition) is 3. The molecule has 0 aliphatic heterocycles.